The van der Waals surface area contributed by atoms with E-state index in [4.69, 9.17) is 9.97 Å². The summed E-state index contributed by atoms with van der Waals surface area (Å²) in [5.74, 6) is 0. The minimum absolute atomic E-state index is 0.870. The van der Waals surface area contributed by atoms with Crippen molar-refractivity contribution < 1.29 is 0 Å². The molecule has 207 valence electrons. The third-order valence-electron chi connectivity index (χ3n) is 8.08. The van der Waals surface area contributed by atoms with Gasteiger partial charge in [-0.25, -0.2) is 0 Å². The summed E-state index contributed by atoms with van der Waals surface area (Å²) in [5.41, 5.74) is 10.8. The van der Waals surface area contributed by atoms with Gasteiger partial charge in [0.25, 0.3) is 0 Å². The van der Waals surface area contributed by atoms with Crippen LogP contribution in [0.1, 0.15) is 22.3 Å². The molecule has 0 spiro atoms. The monoisotopic (exact) mass is 570 g/mol. The van der Waals surface area contributed by atoms with Gasteiger partial charge >= 0.3 is 0 Å². The summed E-state index contributed by atoms with van der Waals surface area (Å²) in [6, 6.07) is 42.1. The van der Waals surface area contributed by atoms with Crippen molar-refractivity contribution >= 4 is 29.6 Å². The van der Waals surface area contributed by atoms with Crippen LogP contribution in [0.5, 0.6) is 0 Å². The Bertz CT molecular complexity index is 1790. The first kappa shape index (κ1) is 26.6. The first-order valence-electron chi connectivity index (χ1n) is 14.5. The van der Waals surface area contributed by atoms with Gasteiger partial charge in [-0.15, -0.1) is 0 Å². The maximum atomic E-state index is 4.92. The number of benzene rings is 2. The molecule has 4 nitrogen and oxygen atoms in total. The molecule has 0 amide bonds. The maximum Gasteiger partial charge on any atom is 0.0886 e. The zero-order valence-electron chi connectivity index (χ0n) is 24.1. The Balaban J connectivity index is 1.45. The number of nitrogens with zero attached hydrogens (tertiary/aromatic N) is 4. The molecule has 7 rings (SSSR count). The van der Waals surface area contributed by atoms with Gasteiger partial charge in [0.2, 0.25) is 0 Å². The van der Waals surface area contributed by atoms with Crippen molar-refractivity contribution in [2.45, 2.75) is 13.1 Å². The number of hydrogen-bond donors (Lipinski definition) is 0. The van der Waals surface area contributed by atoms with Gasteiger partial charge in [0, 0.05) is 24.8 Å². The summed E-state index contributed by atoms with van der Waals surface area (Å²) in [4.78, 5) is 18.9. The van der Waals surface area contributed by atoms with E-state index < -0.39 is 8.07 Å². The molecule has 0 aliphatic carbocycles. The first-order valence-corrected chi connectivity index (χ1v) is 17.5. The van der Waals surface area contributed by atoms with Gasteiger partial charge in [-0.3, -0.25) is 19.9 Å². The van der Waals surface area contributed by atoms with Gasteiger partial charge in [0.15, 0.2) is 0 Å². The van der Waals surface area contributed by atoms with Crippen molar-refractivity contribution in [3.63, 3.8) is 0 Å². The predicted molar refractivity (Wildman–Crippen MR) is 179 cm³/mol. The van der Waals surface area contributed by atoms with Crippen LogP contribution in [-0.2, 0) is 0 Å². The zero-order chi connectivity index (χ0) is 29.2. The second-order valence-corrected chi connectivity index (χ2v) is 15.4. The first-order chi connectivity index (χ1) is 21.1. The van der Waals surface area contributed by atoms with Crippen LogP contribution in [0.25, 0.3) is 44.3 Å². The summed E-state index contributed by atoms with van der Waals surface area (Å²) in [6.07, 6.45) is 7.68. The topological polar surface area (TPSA) is 51.6 Å². The molecule has 6 aromatic rings. The van der Waals surface area contributed by atoms with Crippen LogP contribution in [0.3, 0.4) is 0 Å². The second-order valence-electron chi connectivity index (χ2n) is 11.2. The highest BCUT2D eigenvalue weighted by molar-refractivity contribution is 7.13. The number of allylic oxidation sites excluding steroid dienone is 2. The molecule has 4 aromatic heterocycles. The normalized spacial score (nSPS) is 14.3. The lowest BCUT2D eigenvalue weighted by Gasteiger charge is -2.38. The second kappa shape index (κ2) is 11.2. The van der Waals surface area contributed by atoms with Crippen LogP contribution in [-0.4, -0.2) is 28.0 Å². The summed E-state index contributed by atoms with van der Waals surface area (Å²) >= 11 is 0. The highest BCUT2D eigenvalue weighted by Gasteiger charge is 2.34. The number of rotatable bonds is 6. The van der Waals surface area contributed by atoms with Crippen LogP contribution < -0.4 is 0 Å². The molecule has 0 bridgehead atoms. The summed E-state index contributed by atoms with van der Waals surface area (Å²) < 4.78 is 0. The SMILES string of the molecule is C[Si-]1(C)C(c2ccc(-c3ccccn3)nc2)=C(c2ccccc2)C(c2ccccc2)=C1c1ccc(-c2ccccn2)nc1. The zero-order valence-corrected chi connectivity index (χ0v) is 25.1. The summed E-state index contributed by atoms with van der Waals surface area (Å²) in [7, 11) is -2.32. The smallest absolute Gasteiger partial charge is 0.0886 e. The number of pyridine rings is 4. The molecule has 5 heteroatoms. The van der Waals surface area contributed by atoms with Gasteiger partial charge in [0.05, 0.1) is 22.8 Å². The Morgan fingerprint density at radius 2 is 0.767 bits per heavy atom. The average Bonchev–Trinajstić information content (AvgIpc) is 3.33. The molecule has 0 atom stereocenters. The largest absolute Gasteiger partial charge is 0.255 e. The van der Waals surface area contributed by atoms with E-state index in [9.17, 15) is 0 Å². The highest BCUT2D eigenvalue weighted by atomic mass is 28.3. The van der Waals surface area contributed by atoms with Gasteiger partial charge in [-0.2, -0.15) is 23.5 Å². The van der Waals surface area contributed by atoms with Crippen LogP contribution in [0.2, 0.25) is 13.1 Å². The van der Waals surface area contributed by atoms with Crippen molar-refractivity contribution in [2.24, 2.45) is 0 Å². The molecule has 0 N–H and O–H groups in total. The minimum atomic E-state index is -2.32. The fourth-order valence-corrected chi connectivity index (χ4v) is 9.99. The molecule has 0 radical (unpaired) electrons. The predicted octanol–water partition coefficient (Wildman–Crippen LogP) is 8.92. The Morgan fingerprint density at radius 3 is 1.12 bits per heavy atom. The highest BCUT2D eigenvalue weighted by Crippen LogP contribution is 2.55. The van der Waals surface area contributed by atoms with Crippen molar-refractivity contribution in [1.82, 2.24) is 19.9 Å². The van der Waals surface area contributed by atoms with Crippen LogP contribution in [0, 0.1) is 0 Å². The molecule has 43 heavy (non-hydrogen) atoms. The molecular formula is C38H30N4Si-. The molecular weight excluding hydrogens is 541 g/mol. The van der Waals surface area contributed by atoms with E-state index in [-0.39, 0.29) is 0 Å². The Morgan fingerprint density at radius 1 is 0.372 bits per heavy atom. The van der Waals surface area contributed by atoms with E-state index in [1.807, 2.05) is 61.2 Å². The Labute approximate surface area is 253 Å². The van der Waals surface area contributed by atoms with Crippen LogP contribution in [0.4, 0.5) is 0 Å². The van der Waals surface area contributed by atoms with E-state index in [2.05, 4.69) is 108 Å². The lowest BCUT2D eigenvalue weighted by atomic mass is 9.89. The minimum Gasteiger partial charge on any atom is -0.255 e. The Hall–Kier alpha value is -5.26. The lowest BCUT2D eigenvalue weighted by molar-refractivity contribution is 1.24. The average molecular weight is 571 g/mol. The van der Waals surface area contributed by atoms with E-state index in [0.717, 1.165) is 33.9 Å². The maximum absolute atomic E-state index is 4.92. The fraction of sp³-hybridized carbons (Fsp3) is 0.0526. The Kier molecular flexibility index (Phi) is 6.93. The van der Waals surface area contributed by atoms with Gasteiger partial charge in [-0.1, -0.05) is 93.0 Å². The van der Waals surface area contributed by atoms with Crippen LogP contribution in [0.15, 0.2) is 146 Å². The molecule has 0 unspecified atom stereocenters. The molecule has 1 aliphatic rings. The third-order valence-corrected chi connectivity index (χ3v) is 11.7. The fourth-order valence-electron chi connectivity index (χ4n) is 6.21. The van der Waals surface area contributed by atoms with E-state index in [0.29, 0.717) is 0 Å². The molecule has 0 fully saturated rings. The summed E-state index contributed by atoms with van der Waals surface area (Å²) in [5, 5.41) is 2.75. The van der Waals surface area contributed by atoms with E-state index in [1.54, 1.807) is 0 Å². The van der Waals surface area contributed by atoms with Crippen molar-refractivity contribution in [1.29, 1.82) is 0 Å². The standard InChI is InChI=1S/C38H30N4Si/c1-43(2)37(29-19-21-33(41-25-29)31-17-9-11-23-39-31)35(27-13-5-3-6-14-27)36(28-15-7-4-8-16-28)38(43)30-20-22-34(42-26-30)32-18-10-12-24-40-32/h3-26H,1-2H3/q-1. The number of aromatic nitrogens is 4. The molecule has 2 aromatic carbocycles. The third kappa shape index (κ3) is 4.94. The van der Waals surface area contributed by atoms with Gasteiger partial charge < -0.3 is 0 Å². The van der Waals surface area contributed by atoms with Crippen LogP contribution >= 0.6 is 0 Å². The van der Waals surface area contributed by atoms with E-state index in [1.165, 1.54) is 32.7 Å². The molecule has 5 heterocycles. The van der Waals surface area contributed by atoms with Crippen molar-refractivity contribution in [3.8, 4) is 22.8 Å². The molecule has 0 saturated heterocycles. The molecule has 0 saturated carbocycles. The van der Waals surface area contributed by atoms with E-state index >= 15 is 0 Å². The number of hydrogen-bond acceptors (Lipinski definition) is 4. The quantitative estimate of drug-likeness (QED) is 0.188. The lowest BCUT2D eigenvalue weighted by Crippen LogP contribution is -2.28. The van der Waals surface area contributed by atoms with Crippen molar-refractivity contribution in [2.75, 3.05) is 0 Å². The van der Waals surface area contributed by atoms with Gasteiger partial charge in [0.1, 0.15) is 0 Å². The van der Waals surface area contributed by atoms with Gasteiger partial charge in [-0.05, 0) is 69.8 Å². The summed E-state index contributed by atoms with van der Waals surface area (Å²) in [6.45, 7) is 4.91. The molecule has 1 aliphatic heterocycles. The van der Waals surface area contributed by atoms with Crippen molar-refractivity contribution in [3.05, 3.63) is 168 Å².